The van der Waals surface area contributed by atoms with E-state index in [1.165, 1.54) is 14.0 Å². The van der Waals surface area contributed by atoms with Gasteiger partial charge in [-0.25, -0.2) is 0 Å². The van der Waals surface area contributed by atoms with E-state index in [1.54, 1.807) is 0 Å². The largest absolute Gasteiger partial charge is 0.456 e. The molecule has 0 aromatic rings. The third-order valence-corrected chi connectivity index (χ3v) is 3.78. The Hall–Kier alpha value is -0.370. The van der Waals surface area contributed by atoms with Crippen molar-refractivity contribution < 1.29 is 26.9 Å². The molecule has 0 aromatic carbocycles. The molecule has 1 rings (SSSR count). The molecule has 6 nitrogen and oxygen atoms in total. The van der Waals surface area contributed by atoms with Crippen molar-refractivity contribution >= 4 is 27.7 Å². The van der Waals surface area contributed by atoms with Crippen LogP contribution in [-0.2, 0) is 28.6 Å². The number of carbonyl (C=O) groups is 1. The van der Waals surface area contributed by atoms with Crippen LogP contribution in [0.2, 0.25) is 0 Å². The Bertz CT molecular complexity index is 366. The van der Waals surface area contributed by atoms with Crippen LogP contribution in [0.15, 0.2) is 0 Å². The molecule has 0 aromatic heterocycles. The van der Waals surface area contributed by atoms with Gasteiger partial charge in [0.05, 0.1) is 11.9 Å². The third-order valence-electron chi connectivity index (χ3n) is 2.37. The maximum Gasteiger partial charge on any atom is 0.324 e. The Morgan fingerprint density at radius 3 is 2.65 bits per heavy atom. The topological polar surface area (TPSA) is 78.9 Å². The van der Waals surface area contributed by atoms with E-state index in [9.17, 15) is 13.2 Å². The maximum atomic E-state index is 11.3. The number of halogens is 1. The van der Waals surface area contributed by atoms with E-state index in [0.717, 1.165) is 0 Å². The fraction of sp³-hybridized carbons (Fsp3) is 0.889. The summed E-state index contributed by atoms with van der Waals surface area (Å²) in [7, 11) is -2.13. The van der Waals surface area contributed by atoms with Gasteiger partial charge in [-0.15, -0.1) is 11.6 Å². The molecule has 0 N–H and O–H groups in total. The second-order valence-electron chi connectivity index (χ2n) is 3.70. The Morgan fingerprint density at radius 2 is 2.12 bits per heavy atom. The van der Waals surface area contributed by atoms with E-state index < -0.39 is 33.7 Å². The summed E-state index contributed by atoms with van der Waals surface area (Å²) in [6.45, 7) is 1.23. The molecule has 1 saturated heterocycles. The quantitative estimate of drug-likeness (QED) is 0.421. The van der Waals surface area contributed by atoms with Crippen molar-refractivity contribution in [1.29, 1.82) is 0 Å². The first-order valence-electron chi connectivity index (χ1n) is 5.10. The molecule has 1 heterocycles. The molecule has 3 unspecified atom stereocenters. The lowest BCUT2D eigenvalue weighted by atomic mass is 10.1. The minimum Gasteiger partial charge on any atom is -0.456 e. The molecule has 100 valence electrons. The zero-order valence-electron chi connectivity index (χ0n) is 9.59. The highest BCUT2D eigenvalue weighted by Crippen LogP contribution is 2.17. The Labute approximate surface area is 105 Å². The lowest BCUT2D eigenvalue weighted by Gasteiger charge is -2.22. The maximum absolute atomic E-state index is 11.3. The van der Waals surface area contributed by atoms with Crippen molar-refractivity contribution in [3.05, 3.63) is 0 Å². The van der Waals surface area contributed by atoms with Gasteiger partial charge in [-0.1, -0.05) is 0 Å². The average molecular weight is 287 g/mol. The summed E-state index contributed by atoms with van der Waals surface area (Å²) in [5, 5.41) is -0.799. The summed E-state index contributed by atoms with van der Waals surface area (Å²) in [4.78, 5) is 11.3. The summed E-state index contributed by atoms with van der Waals surface area (Å²) >= 11 is 5.56. The molecular formula is C9H15ClO6S. The second kappa shape index (κ2) is 5.99. The lowest BCUT2D eigenvalue weighted by molar-refractivity contribution is -0.157. The van der Waals surface area contributed by atoms with Crippen LogP contribution in [0.3, 0.4) is 0 Å². The normalized spacial score (nSPS) is 30.3. The highest BCUT2D eigenvalue weighted by atomic mass is 35.5. The molecule has 8 heteroatoms. The molecule has 0 amide bonds. The Balaban J connectivity index is 2.71. The van der Waals surface area contributed by atoms with Crippen LogP contribution in [0, 0.1) is 0 Å². The van der Waals surface area contributed by atoms with Crippen LogP contribution in [0.25, 0.3) is 0 Å². The summed E-state index contributed by atoms with van der Waals surface area (Å²) in [5.74, 6) is -0.780. The van der Waals surface area contributed by atoms with Gasteiger partial charge in [-0.2, -0.15) is 8.42 Å². The molecule has 17 heavy (non-hydrogen) atoms. The van der Waals surface area contributed by atoms with Crippen molar-refractivity contribution in [1.82, 2.24) is 0 Å². The fourth-order valence-corrected chi connectivity index (χ4v) is 2.44. The average Bonchev–Trinajstić information content (AvgIpc) is 2.38. The first kappa shape index (κ1) is 14.7. The van der Waals surface area contributed by atoms with Gasteiger partial charge in [-0.05, 0) is 13.3 Å². The fourth-order valence-electron chi connectivity index (χ4n) is 1.41. The zero-order valence-corrected chi connectivity index (χ0v) is 11.2. The highest BCUT2D eigenvalue weighted by Gasteiger charge is 2.33. The SMILES string of the molecule is COC1CCS(=O)(=O)OCC1OC(=O)C(C)Cl. The molecule has 3 atom stereocenters. The number of carbonyl (C=O) groups excluding carboxylic acids is 1. The first-order chi connectivity index (χ1) is 7.85. The smallest absolute Gasteiger partial charge is 0.324 e. The van der Waals surface area contributed by atoms with E-state index in [4.69, 9.17) is 21.1 Å². The molecule has 0 spiro atoms. The number of ether oxygens (including phenoxy) is 2. The predicted molar refractivity (Wildman–Crippen MR) is 60.3 cm³/mol. The first-order valence-corrected chi connectivity index (χ1v) is 7.11. The highest BCUT2D eigenvalue weighted by molar-refractivity contribution is 7.86. The van der Waals surface area contributed by atoms with Crippen LogP contribution in [0.1, 0.15) is 13.3 Å². The van der Waals surface area contributed by atoms with Gasteiger partial charge in [0.2, 0.25) is 0 Å². The van der Waals surface area contributed by atoms with E-state index in [2.05, 4.69) is 4.18 Å². The summed E-state index contributed by atoms with van der Waals surface area (Å²) in [6.07, 6.45) is -1.05. The molecule has 1 fully saturated rings. The van der Waals surface area contributed by atoms with Gasteiger partial charge in [0.1, 0.15) is 12.0 Å². The number of esters is 1. The molecule has 0 aliphatic carbocycles. The Kier molecular flexibility index (Phi) is 5.18. The third kappa shape index (κ3) is 4.42. The summed E-state index contributed by atoms with van der Waals surface area (Å²) in [6, 6.07) is 0. The number of hydrogen-bond donors (Lipinski definition) is 0. The number of alkyl halides is 1. The van der Waals surface area contributed by atoms with Gasteiger partial charge in [0.25, 0.3) is 10.1 Å². The van der Waals surface area contributed by atoms with E-state index >= 15 is 0 Å². The second-order valence-corrected chi connectivity index (χ2v) is 6.11. The van der Waals surface area contributed by atoms with Crippen molar-refractivity contribution in [3.8, 4) is 0 Å². The van der Waals surface area contributed by atoms with E-state index in [1.807, 2.05) is 0 Å². The molecule has 1 aliphatic heterocycles. The molecule has 0 bridgehead atoms. The van der Waals surface area contributed by atoms with Crippen LogP contribution in [0.4, 0.5) is 0 Å². The minimum atomic E-state index is -3.56. The Morgan fingerprint density at radius 1 is 1.47 bits per heavy atom. The number of hydrogen-bond acceptors (Lipinski definition) is 6. The van der Waals surface area contributed by atoms with Crippen LogP contribution in [0.5, 0.6) is 0 Å². The standard InChI is InChI=1S/C9H15ClO6S/c1-6(10)9(11)16-8-5-15-17(12,13)4-3-7(8)14-2/h6-8H,3-5H2,1-2H3. The van der Waals surface area contributed by atoms with Gasteiger partial charge >= 0.3 is 5.97 Å². The molecular weight excluding hydrogens is 272 g/mol. The van der Waals surface area contributed by atoms with Crippen molar-refractivity contribution in [2.75, 3.05) is 19.5 Å². The van der Waals surface area contributed by atoms with Gasteiger partial charge in [0, 0.05) is 7.11 Å². The van der Waals surface area contributed by atoms with E-state index in [-0.39, 0.29) is 18.8 Å². The monoisotopic (exact) mass is 286 g/mol. The van der Waals surface area contributed by atoms with Gasteiger partial charge in [0.15, 0.2) is 6.10 Å². The van der Waals surface area contributed by atoms with Crippen molar-refractivity contribution in [2.24, 2.45) is 0 Å². The molecule has 0 saturated carbocycles. The van der Waals surface area contributed by atoms with Crippen molar-refractivity contribution in [3.63, 3.8) is 0 Å². The van der Waals surface area contributed by atoms with Crippen LogP contribution >= 0.6 is 11.6 Å². The molecule has 1 aliphatic rings. The van der Waals surface area contributed by atoms with Gasteiger partial charge < -0.3 is 9.47 Å². The number of rotatable bonds is 3. The molecule has 0 radical (unpaired) electrons. The summed E-state index contributed by atoms with van der Waals surface area (Å²) in [5.41, 5.74) is 0. The zero-order chi connectivity index (χ0) is 13.1. The predicted octanol–water partition coefficient (Wildman–Crippen LogP) is 0.291. The van der Waals surface area contributed by atoms with Crippen LogP contribution in [-0.4, -0.2) is 51.4 Å². The minimum absolute atomic E-state index is 0.157. The summed E-state index contributed by atoms with van der Waals surface area (Å²) < 4.78 is 37.3. The van der Waals surface area contributed by atoms with Crippen molar-refractivity contribution in [2.45, 2.75) is 30.9 Å². The lowest BCUT2D eigenvalue weighted by Crippen LogP contribution is -2.37. The van der Waals surface area contributed by atoms with Gasteiger partial charge in [-0.3, -0.25) is 8.98 Å². The number of methoxy groups -OCH3 is 1. The van der Waals surface area contributed by atoms with Crippen LogP contribution < -0.4 is 0 Å². The van der Waals surface area contributed by atoms with E-state index in [0.29, 0.717) is 0 Å².